The normalized spacial score (nSPS) is 15.5. The first-order valence-electron chi connectivity index (χ1n) is 7.97. The number of aromatic nitrogens is 2. The Morgan fingerprint density at radius 2 is 2.00 bits per heavy atom. The van der Waals surface area contributed by atoms with Crippen LogP contribution in [-0.4, -0.2) is 27.0 Å². The number of nitrogens with zero attached hydrogens (tertiary/aromatic N) is 2. The first-order valence-corrected chi connectivity index (χ1v) is 7.97. The van der Waals surface area contributed by atoms with E-state index in [4.69, 9.17) is 0 Å². The lowest BCUT2D eigenvalue weighted by atomic mass is 9.88. The summed E-state index contributed by atoms with van der Waals surface area (Å²) in [6.07, 6.45) is 3.02. The third-order valence-electron chi connectivity index (χ3n) is 4.49. The zero-order valence-electron chi connectivity index (χ0n) is 14.0. The van der Waals surface area contributed by atoms with Crippen LogP contribution in [0.1, 0.15) is 38.4 Å². The monoisotopic (exact) mass is 301 g/mol. The molecule has 0 aliphatic rings. The molecule has 0 radical (unpaired) electrons. The van der Waals surface area contributed by atoms with E-state index in [1.807, 2.05) is 48.9 Å². The van der Waals surface area contributed by atoms with Gasteiger partial charge in [-0.15, -0.1) is 0 Å². The van der Waals surface area contributed by atoms with E-state index in [0.717, 1.165) is 23.4 Å². The molecule has 0 saturated heterocycles. The number of aliphatic hydroxyl groups is 1. The number of hydrogen-bond donors (Lipinski definition) is 2. The summed E-state index contributed by atoms with van der Waals surface area (Å²) in [4.78, 5) is 0. The van der Waals surface area contributed by atoms with Gasteiger partial charge in [0.1, 0.15) is 0 Å². The van der Waals surface area contributed by atoms with Crippen LogP contribution in [0.25, 0.3) is 5.69 Å². The summed E-state index contributed by atoms with van der Waals surface area (Å²) in [6.45, 7) is 9.40. The second-order valence-electron chi connectivity index (χ2n) is 6.29. The van der Waals surface area contributed by atoms with Gasteiger partial charge >= 0.3 is 0 Å². The fraction of sp³-hybridized carbons (Fsp3) is 0.500. The third kappa shape index (κ3) is 3.96. The van der Waals surface area contributed by atoms with Crippen LogP contribution in [0.4, 0.5) is 0 Å². The summed E-state index contributed by atoms with van der Waals surface area (Å²) >= 11 is 0. The standard InChI is InChI=1S/C18H27N3O/c1-5-14(2)18(4,22)13-19-11-16-12-21(20-15(16)3)17-9-7-6-8-10-17/h6-10,12,14,19,22H,5,11,13H2,1-4H3. The molecule has 1 aromatic heterocycles. The summed E-state index contributed by atoms with van der Waals surface area (Å²) in [5, 5.41) is 18.4. The van der Waals surface area contributed by atoms with Gasteiger partial charge in [0.25, 0.3) is 0 Å². The molecule has 0 spiro atoms. The molecule has 2 N–H and O–H groups in total. The summed E-state index contributed by atoms with van der Waals surface area (Å²) in [7, 11) is 0. The van der Waals surface area contributed by atoms with Gasteiger partial charge in [0.15, 0.2) is 0 Å². The van der Waals surface area contributed by atoms with E-state index < -0.39 is 5.60 Å². The average molecular weight is 301 g/mol. The highest BCUT2D eigenvalue weighted by atomic mass is 16.3. The summed E-state index contributed by atoms with van der Waals surface area (Å²) < 4.78 is 1.90. The Hall–Kier alpha value is -1.65. The predicted octanol–water partition coefficient (Wildman–Crippen LogP) is 3.07. The Morgan fingerprint density at radius 3 is 2.64 bits per heavy atom. The Labute approximate surface area is 133 Å². The second-order valence-corrected chi connectivity index (χ2v) is 6.29. The lowest BCUT2D eigenvalue weighted by molar-refractivity contribution is 0.00533. The van der Waals surface area contributed by atoms with Gasteiger partial charge in [-0.3, -0.25) is 0 Å². The highest BCUT2D eigenvalue weighted by molar-refractivity contribution is 5.32. The molecule has 0 aliphatic heterocycles. The fourth-order valence-electron chi connectivity index (χ4n) is 2.45. The number of benzene rings is 1. The van der Waals surface area contributed by atoms with Gasteiger partial charge in [-0.25, -0.2) is 4.68 Å². The van der Waals surface area contributed by atoms with Crippen LogP contribution >= 0.6 is 0 Å². The van der Waals surface area contributed by atoms with E-state index in [1.54, 1.807) is 0 Å². The lowest BCUT2D eigenvalue weighted by Crippen LogP contribution is -2.42. The zero-order valence-corrected chi connectivity index (χ0v) is 14.0. The highest BCUT2D eigenvalue weighted by Crippen LogP contribution is 2.19. The van der Waals surface area contributed by atoms with Crippen molar-refractivity contribution in [1.82, 2.24) is 15.1 Å². The molecular weight excluding hydrogens is 274 g/mol. The molecule has 4 nitrogen and oxygen atoms in total. The molecular formula is C18H27N3O. The van der Waals surface area contributed by atoms with E-state index >= 15 is 0 Å². The molecule has 4 heteroatoms. The highest BCUT2D eigenvalue weighted by Gasteiger charge is 2.26. The molecule has 2 unspecified atom stereocenters. The molecule has 0 fully saturated rings. The smallest absolute Gasteiger partial charge is 0.0768 e. The van der Waals surface area contributed by atoms with Crippen molar-refractivity contribution in [2.45, 2.75) is 46.3 Å². The molecule has 1 heterocycles. The quantitative estimate of drug-likeness (QED) is 0.826. The predicted molar refractivity (Wildman–Crippen MR) is 90.1 cm³/mol. The topological polar surface area (TPSA) is 50.1 Å². The van der Waals surface area contributed by atoms with Crippen molar-refractivity contribution in [3.63, 3.8) is 0 Å². The van der Waals surface area contributed by atoms with Crippen LogP contribution < -0.4 is 5.32 Å². The van der Waals surface area contributed by atoms with E-state index in [0.29, 0.717) is 13.1 Å². The second kappa shape index (κ2) is 7.07. The minimum Gasteiger partial charge on any atom is -0.389 e. The molecule has 1 aromatic carbocycles. The van der Waals surface area contributed by atoms with Crippen LogP contribution in [-0.2, 0) is 6.54 Å². The molecule has 0 amide bonds. The average Bonchev–Trinajstić information content (AvgIpc) is 2.88. The number of para-hydroxylation sites is 1. The number of hydrogen-bond acceptors (Lipinski definition) is 3. The zero-order chi connectivity index (χ0) is 16.2. The van der Waals surface area contributed by atoms with Gasteiger partial charge in [-0.05, 0) is 31.9 Å². The lowest BCUT2D eigenvalue weighted by Gasteiger charge is -2.29. The van der Waals surface area contributed by atoms with Gasteiger partial charge in [-0.2, -0.15) is 5.10 Å². The van der Waals surface area contributed by atoms with Gasteiger partial charge in [0.05, 0.1) is 17.0 Å². The molecule has 120 valence electrons. The van der Waals surface area contributed by atoms with E-state index in [2.05, 4.69) is 30.5 Å². The van der Waals surface area contributed by atoms with Crippen molar-refractivity contribution in [3.05, 3.63) is 47.8 Å². The van der Waals surface area contributed by atoms with Gasteiger partial charge in [0, 0.05) is 24.8 Å². The Balaban J connectivity index is 1.98. The Bertz CT molecular complexity index is 590. The maximum atomic E-state index is 10.4. The van der Waals surface area contributed by atoms with Crippen LogP contribution in [0.2, 0.25) is 0 Å². The van der Waals surface area contributed by atoms with E-state index in [9.17, 15) is 5.11 Å². The Morgan fingerprint density at radius 1 is 1.32 bits per heavy atom. The Kier molecular flexibility index (Phi) is 5.37. The van der Waals surface area contributed by atoms with Gasteiger partial charge in [0.2, 0.25) is 0 Å². The first-order chi connectivity index (χ1) is 10.4. The van der Waals surface area contributed by atoms with Crippen molar-refractivity contribution in [2.24, 2.45) is 5.92 Å². The van der Waals surface area contributed by atoms with E-state index in [-0.39, 0.29) is 5.92 Å². The largest absolute Gasteiger partial charge is 0.389 e. The first kappa shape index (κ1) is 16.7. The molecule has 0 aliphatic carbocycles. The molecule has 22 heavy (non-hydrogen) atoms. The van der Waals surface area contributed by atoms with Crippen LogP contribution in [0.3, 0.4) is 0 Å². The summed E-state index contributed by atoms with van der Waals surface area (Å²) in [5.74, 6) is 0.271. The van der Waals surface area contributed by atoms with E-state index in [1.165, 1.54) is 0 Å². The van der Waals surface area contributed by atoms with Crippen LogP contribution in [0, 0.1) is 12.8 Å². The maximum Gasteiger partial charge on any atom is 0.0768 e. The van der Waals surface area contributed by atoms with Crippen LogP contribution in [0.5, 0.6) is 0 Å². The van der Waals surface area contributed by atoms with Crippen molar-refractivity contribution in [1.29, 1.82) is 0 Å². The molecule has 2 aromatic rings. The maximum absolute atomic E-state index is 10.4. The molecule has 0 saturated carbocycles. The summed E-state index contributed by atoms with van der Waals surface area (Å²) in [5.41, 5.74) is 2.55. The number of nitrogens with one attached hydrogen (secondary N) is 1. The van der Waals surface area contributed by atoms with Crippen LogP contribution in [0.15, 0.2) is 36.5 Å². The van der Waals surface area contributed by atoms with Crippen molar-refractivity contribution in [3.8, 4) is 5.69 Å². The number of aryl methyl sites for hydroxylation is 1. The minimum absolute atomic E-state index is 0.271. The van der Waals surface area contributed by atoms with Crippen molar-refractivity contribution >= 4 is 0 Å². The number of rotatable bonds is 7. The third-order valence-corrected chi connectivity index (χ3v) is 4.49. The fourth-order valence-corrected chi connectivity index (χ4v) is 2.45. The van der Waals surface area contributed by atoms with Crippen molar-refractivity contribution < 1.29 is 5.11 Å². The van der Waals surface area contributed by atoms with Crippen molar-refractivity contribution in [2.75, 3.05) is 6.54 Å². The van der Waals surface area contributed by atoms with Gasteiger partial charge < -0.3 is 10.4 Å². The SMILES string of the molecule is CCC(C)C(C)(O)CNCc1cn(-c2ccccc2)nc1C. The van der Waals surface area contributed by atoms with Gasteiger partial charge in [-0.1, -0.05) is 38.5 Å². The summed E-state index contributed by atoms with van der Waals surface area (Å²) in [6, 6.07) is 10.1. The molecule has 0 bridgehead atoms. The molecule has 2 atom stereocenters. The molecule has 2 rings (SSSR count). The minimum atomic E-state index is -0.682.